The average molecular weight is 1170 g/mol. The number of alkyl halides is 3. The fourth-order valence-electron chi connectivity index (χ4n) is 10.5. The van der Waals surface area contributed by atoms with Crippen LogP contribution < -0.4 is 18.9 Å². The van der Waals surface area contributed by atoms with E-state index in [-0.39, 0.29) is 72.9 Å². The predicted octanol–water partition coefficient (Wildman–Crippen LogP) is 10.3. The summed E-state index contributed by atoms with van der Waals surface area (Å²) >= 11 is 0. The largest absolute Gasteiger partial charge is 0.496 e. The highest BCUT2D eigenvalue weighted by Gasteiger charge is 2.32. The summed E-state index contributed by atoms with van der Waals surface area (Å²) in [6.07, 6.45) is 5.65. The molecule has 3 fully saturated rings. The summed E-state index contributed by atoms with van der Waals surface area (Å²) in [6.45, 7) is 9.04. The van der Waals surface area contributed by atoms with Crippen molar-refractivity contribution in [2.45, 2.75) is 61.5 Å². The Labute approximate surface area is 474 Å². The first-order valence-electron chi connectivity index (χ1n) is 26.8. The smallest absolute Gasteiger partial charge is 0.416 e. The predicted molar refractivity (Wildman–Crippen MR) is 307 cm³/mol. The van der Waals surface area contributed by atoms with Gasteiger partial charge in [0.25, 0.3) is 31.9 Å². The number of carbonyl (C=O) groups excluding carboxylic acids is 3. The number of sulfonamides is 2. The van der Waals surface area contributed by atoms with Gasteiger partial charge in [0.15, 0.2) is 0 Å². The van der Waals surface area contributed by atoms with E-state index in [0.29, 0.717) is 99.1 Å². The van der Waals surface area contributed by atoms with Crippen LogP contribution in [0.15, 0.2) is 124 Å². The van der Waals surface area contributed by atoms with E-state index < -0.39 is 31.8 Å². The molecule has 2 aliphatic heterocycles. The number of ether oxygens (including phenoxy) is 3. The van der Waals surface area contributed by atoms with E-state index in [0.717, 1.165) is 18.6 Å². The van der Waals surface area contributed by atoms with Gasteiger partial charge in [-0.25, -0.2) is 21.6 Å². The van der Waals surface area contributed by atoms with Gasteiger partial charge in [0.05, 0.1) is 54.5 Å². The van der Waals surface area contributed by atoms with Crippen LogP contribution in [0.4, 0.5) is 35.0 Å². The molecule has 0 unspecified atom stereocenters. The molecule has 432 valence electrons. The van der Waals surface area contributed by atoms with Crippen LogP contribution in [0.25, 0.3) is 28.1 Å². The lowest BCUT2D eigenvalue weighted by atomic mass is 10.0. The number of halogens is 3. The highest BCUT2D eigenvalue weighted by molar-refractivity contribution is 7.93. The van der Waals surface area contributed by atoms with Crippen LogP contribution in [0, 0.1) is 5.92 Å². The number of pyridine rings is 1. The number of aromatic nitrogens is 1. The van der Waals surface area contributed by atoms with Gasteiger partial charge >= 0.3 is 12.3 Å². The van der Waals surface area contributed by atoms with E-state index in [4.69, 9.17) is 14.2 Å². The third-order valence-corrected chi connectivity index (χ3v) is 17.8. The maximum absolute atomic E-state index is 14.5. The van der Waals surface area contributed by atoms with Gasteiger partial charge in [-0.3, -0.25) is 33.9 Å². The fourth-order valence-corrected chi connectivity index (χ4v) is 13.1. The van der Waals surface area contributed by atoms with Crippen molar-refractivity contribution >= 4 is 78.7 Å². The number of para-hydroxylation sites is 1. The molecule has 0 spiro atoms. The summed E-state index contributed by atoms with van der Waals surface area (Å²) in [6, 6.07) is 23.1. The number of carbonyl (C=O) groups is 3. The molecule has 0 atom stereocenters. The first-order chi connectivity index (χ1) is 39.3. The quantitative estimate of drug-likeness (QED) is 0.0771. The minimum absolute atomic E-state index is 0.0491. The molecule has 1 aromatic heterocycles. The third kappa shape index (κ3) is 13.3. The Bertz CT molecular complexity index is 3640. The maximum Gasteiger partial charge on any atom is 0.416 e. The number of amides is 3. The minimum atomic E-state index is -4.46. The molecular formula is C59H63F3N8O10S2. The summed E-state index contributed by atoms with van der Waals surface area (Å²) in [4.78, 5) is 55.4. The van der Waals surface area contributed by atoms with Gasteiger partial charge in [0.1, 0.15) is 21.3 Å². The normalized spacial score (nSPS) is 15.7. The Morgan fingerprint density at radius 1 is 0.744 bits per heavy atom. The Morgan fingerprint density at radius 2 is 1.41 bits per heavy atom. The van der Waals surface area contributed by atoms with Gasteiger partial charge in [-0.05, 0) is 104 Å². The molecule has 3 heterocycles. The first kappa shape index (κ1) is 58.6. The van der Waals surface area contributed by atoms with E-state index in [1.807, 2.05) is 4.90 Å². The zero-order chi connectivity index (χ0) is 58.3. The number of hydrogen-bond acceptors (Lipinski definition) is 13. The number of benzene rings is 5. The monoisotopic (exact) mass is 1160 g/mol. The van der Waals surface area contributed by atoms with Gasteiger partial charge in [-0.1, -0.05) is 62.1 Å². The van der Waals surface area contributed by atoms with Crippen LogP contribution in [0.1, 0.15) is 76.4 Å². The summed E-state index contributed by atoms with van der Waals surface area (Å²) in [5.74, 6) is 0.155. The van der Waals surface area contributed by atoms with Gasteiger partial charge in [0, 0.05) is 93.2 Å². The van der Waals surface area contributed by atoms with Gasteiger partial charge < -0.3 is 28.9 Å². The molecule has 9 rings (SSSR count). The van der Waals surface area contributed by atoms with Crippen LogP contribution in [0.3, 0.4) is 0 Å². The number of fused-ring (bicyclic) bond motifs is 1. The highest BCUT2D eigenvalue weighted by atomic mass is 32.2. The molecule has 23 heteroatoms. The number of allylic oxidation sites excluding steroid dienone is 1. The van der Waals surface area contributed by atoms with Crippen LogP contribution in [-0.2, 0) is 37.5 Å². The molecule has 6 aromatic rings. The first-order valence-corrected chi connectivity index (χ1v) is 29.7. The van der Waals surface area contributed by atoms with Crippen molar-refractivity contribution in [2.24, 2.45) is 10.9 Å². The SMILES string of the molecule is C=Nc1c(/C=C\C)cc(-c2cnc3c(S(=O)(=O)Nc4ccc(C(=O)N5CCN(C(=O)OCCC6CCCC6)CC5)cc4OC)cccc3c2)cc1S(=O)(=O)Nc1ccc(C(=O)N2CCN(Cc3ccc(C(F)(F)F)cc3)CC2)c(OC)c1. The minimum Gasteiger partial charge on any atom is -0.496 e. The molecular weight excluding hydrogens is 1100 g/mol. The standard InChI is InChI=1S/C59H63F3N8O10S2/c1-5-9-41-32-44(35-53(54(41)63-2)82(76,77)65-47-19-20-48(50(36-47)78-3)57(72)69-25-23-67(24-26-69)38-40-14-17-46(18-15-40)59(60,61)62)45-33-42-12-8-13-52(55(42)64-37-45)81(74,75)66-49-21-16-43(34-51(49)79-4)56(71)68-27-29-70(30-28-68)58(73)80-31-22-39-10-6-7-11-39/h5,8-9,12-21,32-37,39,65-66H,2,6-7,10-11,22-31,38H2,1,3-4H3/b9-5-. The number of nitrogens with one attached hydrogen (secondary N) is 2. The van der Waals surface area contributed by atoms with Gasteiger partial charge in [-0.2, -0.15) is 13.2 Å². The Balaban J connectivity index is 0.876. The molecule has 0 radical (unpaired) electrons. The molecule has 1 aliphatic carbocycles. The number of anilines is 2. The molecule has 5 aromatic carbocycles. The van der Waals surface area contributed by atoms with Crippen molar-refractivity contribution in [3.05, 3.63) is 137 Å². The van der Waals surface area contributed by atoms with Crippen molar-refractivity contribution in [3.63, 3.8) is 0 Å². The average Bonchev–Trinajstić information content (AvgIpc) is 4.09. The number of rotatable bonds is 18. The van der Waals surface area contributed by atoms with Crippen LogP contribution in [-0.4, -0.2) is 139 Å². The van der Waals surface area contributed by atoms with Crippen molar-refractivity contribution in [1.82, 2.24) is 24.6 Å². The lowest BCUT2D eigenvalue weighted by Gasteiger charge is -2.35. The maximum atomic E-state index is 14.5. The molecule has 82 heavy (non-hydrogen) atoms. The van der Waals surface area contributed by atoms with Crippen molar-refractivity contribution < 1.29 is 58.6 Å². The van der Waals surface area contributed by atoms with E-state index >= 15 is 0 Å². The van der Waals surface area contributed by atoms with Crippen LogP contribution in [0.5, 0.6) is 11.5 Å². The second kappa shape index (κ2) is 25.0. The number of aliphatic imine (C=N–C) groups is 1. The fraction of sp³-hybridized carbons (Fsp3) is 0.339. The van der Waals surface area contributed by atoms with E-state index in [1.165, 1.54) is 107 Å². The molecule has 1 saturated carbocycles. The number of nitrogens with zero attached hydrogens (tertiary/aromatic N) is 6. The Hall–Kier alpha value is -8.02. The molecule has 2 saturated heterocycles. The third-order valence-electron chi connectivity index (χ3n) is 15.0. The molecule has 18 nitrogen and oxygen atoms in total. The Morgan fingerprint density at radius 3 is 2.09 bits per heavy atom. The molecule has 0 bridgehead atoms. The van der Waals surface area contributed by atoms with Crippen molar-refractivity contribution in [1.29, 1.82) is 0 Å². The Kier molecular flexibility index (Phi) is 17.9. The van der Waals surface area contributed by atoms with Crippen molar-refractivity contribution in [2.75, 3.05) is 82.6 Å². The van der Waals surface area contributed by atoms with Crippen molar-refractivity contribution in [3.8, 4) is 22.6 Å². The van der Waals surface area contributed by atoms with E-state index in [9.17, 15) is 44.4 Å². The van der Waals surface area contributed by atoms with E-state index in [2.05, 4.69) is 26.1 Å². The lowest BCUT2D eigenvalue weighted by molar-refractivity contribution is -0.137. The number of hydrogen-bond donors (Lipinski definition) is 2. The summed E-state index contributed by atoms with van der Waals surface area (Å²) in [7, 11) is -6.10. The zero-order valence-electron chi connectivity index (χ0n) is 45.6. The topological polar surface area (TPSA) is 209 Å². The second-order valence-electron chi connectivity index (χ2n) is 20.3. The van der Waals surface area contributed by atoms with Gasteiger partial charge in [0.2, 0.25) is 0 Å². The highest BCUT2D eigenvalue weighted by Crippen LogP contribution is 2.39. The van der Waals surface area contributed by atoms with Crippen LogP contribution >= 0.6 is 0 Å². The van der Waals surface area contributed by atoms with E-state index in [1.54, 1.807) is 58.0 Å². The number of piperazine rings is 2. The molecule has 3 aliphatic rings. The summed E-state index contributed by atoms with van der Waals surface area (Å²) in [5.41, 5.74) is 2.00. The number of methoxy groups -OCH3 is 2. The molecule has 3 amide bonds. The lowest BCUT2D eigenvalue weighted by Crippen LogP contribution is -2.50. The molecule has 2 N–H and O–H groups in total. The van der Waals surface area contributed by atoms with Gasteiger partial charge in [-0.15, -0.1) is 0 Å². The zero-order valence-corrected chi connectivity index (χ0v) is 47.2. The van der Waals surface area contributed by atoms with Crippen LogP contribution in [0.2, 0.25) is 0 Å². The summed E-state index contributed by atoms with van der Waals surface area (Å²) < 4.78 is 118. The summed E-state index contributed by atoms with van der Waals surface area (Å²) in [5, 5.41) is 0.411. The second-order valence-corrected chi connectivity index (χ2v) is 23.6.